The van der Waals surface area contributed by atoms with Crippen LogP contribution in [-0.2, 0) is 17.5 Å². The maximum Gasteiger partial charge on any atom is 0.433 e. The first kappa shape index (κ1) is 25.0. The van der Waals surface area contributed by atoms with Gasteiger partial charge in [-0.05, 0) is 52.3 Å². The van der Waals surface area contributed by atoms with Crippen molar-refractivity contribution in [2.24, 2.45) is 5.41 Å². The molecule has 0 bridgehead atoms. The second-order valence-corrected chi connectivity index (χ2v) is 8.41. The van der Waals surface area contributed by atoms with Gasteiger partial charge in [0.1, 0.15) is 17.1 Å². The Morgan fingerprint density at radius 3 is 2.53 bits per heavy atom. The van der Waals surface area contributed by atoms with Crippen molar-refractivity contribution in [3.8, 4) is 5.75 Å². The number of hydrogen-bond acceptors (Lipinski definition) is 5. The third kappa shape index (κ3) is 5.29. The lowest BCUT2D eigenvalue weighted by Crippen LogP contribution is -2.25. The summed E-state index contributed by atoms with van der Waals surface area (Å²) in [7, 11) is 0. The third-order valence-corrected chi connectivity index (χ3v) is 5.45. The predicted octanol–water partition coefficient (Wildman–Crippen LogP) is 4.91. The van der Waals surface area contributed by atoms with Crippen molar-refractivity contribution in [3.05, 3.63) is 47.4 Å². The molecule has 2 aromatic heterocycles. The number of aliphatic carboxylic acids is 1. The molecule has 0 radical (unpaired) electrons. The van der Waals surface area contributed by atoms with Gasteiger partial charge in [-0.2, -0.15) is 18.3 Å². The molecule has 3 rings (SSSR count). The Morgan fingerprint density at radius 2 is 1.91 bits per heavy atom. The van der Waals surface area contributed by atoms with Crippen LogP contribution >= 0.6 is 0 Å². The molecule has 1 aromatic carbocycles. The number of halogens is 3. The van der Waals surface area contributed by atoms with Crippen molar-refractivity contribution < 1.29 is 32.6 Å². The van der Waals surface area contributed by atoms with Crippen LogP contribution in [-0.4, -0.2) is 38.4 Å². The predicted molar refractivity (Wildman–Crippen MR) is 119 cm³/mol. The van der Waals surface area contributed by atoms with Gasteiger partial charge in [0.25, 0.3) is 5.91 Å². The Bertz CT molecular complexity index is 1230. The number of carbonyl (C=O) groups excluding carboxylic acids is 1. The summed E-state index contributed by atoms with van der Waals surface area (Å²) in [5, 5.41) is 17.1. The topological polar surface area (TPSA) is 106 Å². The highest BCUT2D eigenvalue weighted by Gasteiger charge is 2.33. The Kier molecular flexibility index (Phi) is 6.85. The first-order valence-corrected chi connectivity index (χ1v) is 10.6. The van der Waals surface area contributed by atoms with Crippen molar-refractivity contribution in [2.45, 2.75) is 46.8 Å². The molecule has 0 saturated carbocycles. The summed E-state index contributed by atoms with van der Waals surface area (Å²) in [6, 6.07) is 6.35. The lowest BCUT2D eigenvalue weighted by Gasteiger charge is -2.19. The first-order chi connectivity index (χ1) is 15.8. The quantitative estimate of drug-likeness (QED) is 0.477. The molecule has 0 aliphatic carbocycles. The Balaban J connectivity index is 1.94. The molecule has 1 amide bonds. The van der Waals surface area contributed by atoms with Crippen LogP contribution in [0.15, 0.2) is 30.3 Å². The number of nitrogens with one attached hydrogen (secondary N) is 1. The van der Waals surface area contributed by atoms with Gasteiger partial charge in [-0.15, -0.1) is 0 Å². The molecule has 34 heavy (non-hydrogen) atoms. The minimum atomic E-state index is -4.67. The smallest absolute Gasteiger partial charge is 0.433 e. The lowest BCUT2D eigenvalue weighted by atomic mass is 9.90. The van der Waals surface area contributed by atoms with Gasteiger partial charge >= 0.3 is 12.1 Å². The lowest BCUT2D eigenvalue weighted by molar-refractivity contribution is -0.147. The highest BCUT2D eigenvalue weighted by Crippen LogP contribution is 2.33. The van der Waals surface area contributed by atoms with Crippen molar-refractivity contribution in [3.63, 3.8) is 0 Å². The molecule has 2 N–H and O–H groups in total. The van der Waals surface area contributed by atoms with E-state index in [2.05, 4.69) is 15.4 Å². The Hall–Kier alpha value is -3.63. The van der Waals surface area contributed by atoms with Gasteiger partial charge in [0.15, 0.2) is 0 Å². The molecule has 0 aliphatic heterocycles. The fourth-order valence-electron chi connectivity index (χ4n) is 3.27. The molecule has 2 heterocycles. The van der Waals surface area contributed by atoms with Crippen LogP contribution in [0.5, 0.6) is 5.75 Å². The SMILES string of the molecule is CCOc1cc2nn(CCC(C)(C)C(=O)O)c(C)c2cc1NC(=O)c1cccc(C(F)(F)F)n1. The number of aryl methyl sites for hydroxylation is 2. The molecule has 11 heteroatoms. The third-order valence-electron chi connectivity index (χ3n) is 5.45. The maximum atomic E-state index is 13.0. The average molecular weight is 478 g/mol. The minimum Gasteiger partial charge on any atom is -0.492 e. The van der Waals surface area contributed by atoms with Crippen LogP contribution in [0.3, 0.4) is 0 Å². The van der Waals surface area contributed by atoms with E-state index in [-0.39, 0.29) is 18.0 Å². The fraction of sp³-hybridized carbons (Fsp3) is 0.391. The summed E-state index contributed by atoms with van der Waals surface area (Å²) >= 11 is 0. The fourth-order valence-corrected chi connectivity index (χ4v) is 3.27. The van der Waals surface area contributed by atoms with Gasteiger partial charge in [0.05, 0.1) is 23.2 Å². The van der Waals surface area contributed by atoms with Crippen LogP contribution in [0.2, 0.25) is 0 Å². The first-order valence-electron chi connectivity index (χ1n) is 10.6. The van der Waals surface area contributed by atoms with Crippen molar-refractivity contribution in [1.29, 1.82) is 0 Å². The van der Waals surface area contributed by atoms with Crippen LogP contribution in [0, 0.1) is 12.3 Å². The van der Waals surface area contributed by atoms with E-state index in [9.17, 15) is 27.9 Å². The summed E-state index contributed by atoms with van der Waals surface area (Å²) < 4.78 is 46.2. The number of fused-ring (bicyclic) bond motifs is 1. The summed E-state index contributed by atoms with van der Waals surface area (Å²) in [6.45, 7) is 7.47. The maximum absolute atomic E-state index is 13.0. The summed E-state index contributed by atoms with van der Waals surface area (Å²) in [5.41, 5.74) is -0.913. The van der Waals surface area contributed by atoms with Crippen LogP contribution in [0.25, 0.3) is 10.9 Å². The largest absolute Gasteiger partial charge is 0.492 e. The molecule has 8 nitrogen and oxygen atoms in total. The number of ether oxygens (including phenoxy) is 1. The number of carbonyl (C=O) groups is 2. The van der Waals surface area contributed by atoms with Gasteiger partial charge in [0, 0.05) is 23.7 Å². The number of aromatic nitrogens is 3. The molecular formula is C23H25F3N4O4. The molecule has 182 valence electrons. The molecule has 0 atom stereocenters. The van der Waals surface area contributed by atoms with Crippen molar-refractivity contribution >= 4 is 28.5 Å². The van der Waals surface area contributed by atoms with Gasteiger partial charge in [-0.25, -0.2) is 4.98 Å². The number of hydrogen-bond donors (Lipinski definition) is 2. The summed E-state index contributed by atoms with van der Waals surface area (Å²) in [5.74, 6) is -1.43. The molecule has 0 spiro atoms. The Labute approximate surface area is 193 Å². The zero-order valence-corrected chi connectivity index (χ0v) is 19.2. The number of carboxylic acids is 1. The van der Waals surface area contributed by atoms with E-state index in [0.29, 0.717) is 29.6 Å². The van der Waals surface area contributed by atoms with Gasteiger partial charge in [0.2, 0.25) is 0 Å². The average Bonchev–Trinajstić information content (AvgIpc) is 3.07. The highest BCUT2D eigenvalue weighted by atomic mass is 19.4. The van der Waals surface area contributed by atoms with Crippen LogP contribution in [0.4, 0.5) is 18.9 Å². The number of alkyl halides is 3. The number of rotatable bonds is 8. The Morgan fingerprint density at radius 1 is 1.21 bits per heavy atom. The van der Waals surface area contributed by atoms with E-state index in [0.717, 1.165) is 17.8 Å². The number of benzene rings is 1. The van der Waals surface area contributed by atoms with Gasteiger partial charge in [-0.3, -0.25) is 14.3 Å². The molecule has 0 aliphatic rings. The summed E-state index contributed by atoms with van der Waals surface area (Å²) in [6.07, 6.45) is -4.33. The number of amides is 1. The van der Waals surface area contributed by atoms with E-state index in [1.807, 2.05) is 6.92 Å². The number of pyridine rings is 1. The van der Waals surface area contributed by atoms with E-state index in [1.165, 1.54) is 6.07 Å². The molecule has 0 unspecified atom stereocenters. The van der Waals surface area contributed by atoms with Gasteiger partial charge in [-0.1, -0.05) is 6.07 Å². The van der Waals surface area contributed by atoms with Crippen LogP contribution in [0.1, 0.15) is 49.1 Å². The van der Waals surface area contributed by atoms with Crippen molar-refractivity contribution in [1.82, 2.24) is 14.8 Å². The zero-order valence-electron chi connectivity index (χ0n) is 19.2. The van der Waals surface area contributed by atoms with Gasteiger partial charge < -0.3 is 15.2 Å². The van der Waals surface area contributed by atoms with Crippen molar-refractivity contribution in [2.75, 3.05) is 11.9 Å². The normalized spacial score (nSPS) is 12.1. The van der Waals surface area contributed by atoms with Crippen LogP contribution < -0.4 is 10.1 Å². The molecule has 0 fully saturated rings. The molecule has 3 aromatic rings. The number of anilines is 1. The minimum absolute atomic E-state index is 0.257. The zero-order chi connectivity index (χ0) is 25.3. The van der Waals surface area contributed by atoms with E-state index >= 15 is 0 Å². The van der Waals surface area contributed by atoms with E-state index in [1.54, 1.807) is 37.6 Å². The highest BCUT2D eigenvalue weighted by molar-refractivity contribution is 6.05. The standard InChI is InChI=1S/C23H25F3N4O4/c1-5-34-18-12-16-14(13(2)30(29-16)10-9-22(3,4)21(32)33)11-17(18)28-20(31)15-7-6-8-19(27-15)23(24,25)26/h6-8,11-12H,5,9-10H2,1-4H3,(H,28,31)(H,32,33). The summed E-state index contributed by atoms with van der Waals surface area (Å²) in [4.78, 5) is 27.5. The number of carboxylic acid groups (broad SMARTS) is 1. The second kappa shape index (κ2) is 9.32. The van der Waals surface area contributed by atoms with E-state index < -0.39 is 29.2 Å². The molecule has 0 saturated heterocycles. The monoisotopic (exact) mass is 478 g/mol. The molecular weight excluding hydrogens is 453 g/mol. The number of nitrogens with zero attached hydrogens (tertiary/aromatic N) is 3. The second-order valence-electron chi connectivity index (χ2n) is 8.41. The van der Waals surface area contributed by atoms with E-state index in [4.69, 9.17) is 4.74 Å².